The van der Waals surface area contributed by atoms with E-state index in [1.807, 2.05) is 36.1 Å². The molecule has 8 nitrogen and oxygen atoms in total. The van der Waals surface area contributed by atoms with Crippen molar-refractivity contribution in [2.75, 3.05) is 25.2 Å². The van der Waals surface area contributed by atoms with Crippen molar-refractivity contribution in [1.82, 2.24) is 5.32 Å². The zero-order valence-electron chi connectivity index (χ0n) is 27.7. The second kappa shape index (κ2) is 10.7. The smallest absolute Gasteiger partial charge is 0.233 e. The molecule has 4 aliphatic rings. The molecule has 0 bridgehead atoms. The Hall–Kier alpha value is -5.11. The molecule has 2 aliphatic heterocycles. The molecule has 4 aromatic rings. The van der Waals surface area contributed by atoms with Crippen LogP contribution in [-0.4, -0.2) is 49.4 Å². The highest BCUT2D eigenvalue weighted by Gasteiger charge is 2.88. The SMILES string of the molecule is COc1cc2c(cc1OCC13CC1(C(=O)N1CCc4c1cc(O)c1cccc(C)c41)C3)/N=C\C(C)(NC=O)C/C(c1ccc(C)cc1)=C\2. The Morgan fingerprint density at radius 1 is 1.08 bits per heavy atom. The first-order valence-corrected chi connectivity index (χ1v) is 16.5. The van der Waals surface area contributed by atoms with Gasteiger partial charge in [0.05, 0.1) is 36.0 Å². The first-order chi connectivity index (χ1) is 23.1. The second-order valence-electron chi connectivity index (χ2n) is 14.3. The molecular weight excluding hydrogens is 602 g/mol. The molecule has 1 unspecified atom stereocenters. The Balaban J connectivity index is 1.05. The molecule has 0 radical (unpaired) electrons. The molecule has 2 N–H and O–H groups in total. The maximum atomic E-state index is 14.1. The van der Waals surface area contributed by atoms with E-state index in [0.29, 0.717) is 43.2 Å². The molecule has 244 valence electrons. The number of aryl methyl sites for hydroxylation is 2. The number of hydrogen-bond acceptors (Lipinski definition) is 6. The van der Waals surface area contributed by atoms with Crippen LogP contribution >= 0.6 is 0 Å². The molecule has 0 saturated heterocycles. The number of aliphatic imine (C=N–C) groups is 1. The predicted octanol–water partition coefficient (Wildman–Crippen LogP) is 7.07. The number of methoxy groups -OCH3 is 1. The number of carbonyl (C=O) groups excluding carboxylic acids is 2. The number of fused-ring (bicyclic) bond motifs is 5. The average molecular weight is 642 g/mol. The van der Waals surface area contributed by atoms with Gasteiger partial charge in [-0.1, -0.05) is 48.0 Å². The third kappa shape index (κ3) is 4.68. The van der Waals surface area contributed by atoms with Gasteiger partial charge in [0.25, 0.3) is 0 Å². The average Bonchev–Trinajstić information content (AvgIpc) is 3.84. The van der Waals surface area contributed by atoms with E-state index in [-0.39, 0.29) is 17.1 Å². The Kier molecular flexibility index (Phi) is 6.74. The zero-order valence-corrected chi connectivity index (χ0v) is 27.7. The Bertz CT molecular complexity index is 2080. The standard InChI is InChI=1S/C40H39N3O5/c1-24-8-10-26(11-9-24)28-14-27-15-34(47-4)35(16-31(27)41-21-38(3,18-28)42-23-44)48-22-39-19-40(39,20-39)37(46)43-13-12-29-32(43)17-33(45)30-7-5-6-25(2)36(29)30/h5-11,14-17,21,23,45H,12-13,18-20,22H2,1-4H3,(H,42,44)/b28-14+,41-21-. The van der Waals surface area contributed by atoms with Crippen LogP contribution in [0.1, 0.15) is 54.0 Å². The van der Waals surface area contributed by atoms with Crippen molar-refractivity contribution in [3.05, 3.63) is 88.5 Å². The van der Waals surface area contributed by atoms with Crippen LogP contribution in [0.3, 0.4) is 0 Å². The summed E-state index contributed by atoms with van der Waals surface area (Å²) in [7, 11) is 1.63. The first-order valence-electron chi connectivity index (χ1n) is 16.5. The number of phenols is 1. The number of aromatic hydroxyl groups is 1. The maximum Gasteiger partial charge on any atom is 0.233 e. The highest BCUT2D eigenvalue weighted by Crippen LogP contribution is 2.86. The largest absolute Gasteiger partial charge is 0.507 e. The second-order valence-corrected chi connectivity index (χ2v) is 14.3. The van der Waals surface area contributed by atoms with E-state index < -0.39 is 11.0 Å². The van der Waals surface area contributed by atoms with E-state index in [9.17, 15) is 14.7 Å². The van der Waals surface area contributed by atoms with Gasteiger partial charge >= 0.3 is 0 Å². The van der Waals surface area contributed by atoms with E-state index in [0.717, 1.165) is 63.5 Å². The molecular formula is C40H39N3O5. The van der Waals surface area contributed by atoms with Gasteiger partial charge in [0.2, 0.25) is 12.3 Å². The van der Waals surface area contributed by atoms with Gasteiger partial charge in [0.1, 0.15) is 5.75 Å². The fourth-order valence-corrected chi connectivity index (χ4v) is 7.99. The molecule has 2 amide bonds. The summed E-state index contributed by atoms with van der Waals surface area (Å²) in [6.45, 7) is 7.09. The minimum Gasteiger partial charge on any atom is -0.507 e. The number of anilines is 1. The van der Waals surface area contributed by atoms with Gasteiger partial charge in [-0.2, -0.15) is 0 Å². The molecule has 2 fully saturated rings. The van der Waals surface area contributed by atoms with Crippen molar-refractivity contribution < 1.29 is 24.2 Å². The van der Waals surface area contributed by atoms with E-state index in [2.05, 4.69) is 55.6 Å². The number of benzene rings is 4. The van der Waals surface area contributed by atoms with Gasteiger partial charge < -0.3 is 24.8 Å². The number of ether oxygens (including phenoxy) is 2. The van der Waals surface area contributed by atoms with Gasteiger partial charge in [0, 0.05) is 47.7 Å². The van der Waals surface area contributed by atoms with Crippen LogP contribution in [0.25, 0.3) is 22.4 Å². The van der Waals surface area contributed by atoms with Gasteiger partial charge in [0.15, 0.2) is 11.5 Å². The van der Waals surface area contributed by atoms with Crippen LogP contribution in [-0.2, 0) is 16.0 Å². The summed E-state index contributed by atoms with van der Waals surface area (Å²) in [5.74, 6) is 1.50. The van der Waals surface area contributed by atoms with Crippen molar-refractivity contribution in [2.45, 2.75) is 52.0 Å². The molecule has 2 aliphatic carbocycles. The Morgan fingerprint density at radius 3 is 2.62 bits per heavy atom. The lowest BCUT2D eigenvalue weighted by molar-refractivity contribution is -0.121. The molecule has 48 heavy (non-hydrogen) atoms. The minimum absolute atomic E-state index is 0.127. The lowest BCUT2D eigenvalue weighted by Crippen LogP contribution is -2.43. The van der Waals surface area contributed by atoms with Crippen molar-refractivity contribution in [3.63, 3.8) is 0 Å². The number of carbonyl (C=O) groups is 2. The van der Waals surface area contributed by atoms with E-state index in [1.54, 1.807) is 19.4 Å². The quantitative estimate of drug-likeness (QED) is 0.201. The highest BCUT2D eigenvalue weighted by atomic mass is 16.5. The summed E-state index contributed by atoms with van der Waals surface area (Å²) in [6, 6.07) is 19.9. The van der Waals surface area contributed by atoms with Gasteiger partial charge in [-0.05, 0) is 79.8 Å². The van der Waals surface area contributed by atoms with E-state index >= 15 is 0 Å². The molecule has 4 aromatic carbocycles. The summed E-state index contributed by atoms with van der Waals surface area (Å²) in [6.07, 6.45) is 7.52. The minimum atomic E-state index is -0.686. The normalized spacial score (nSPS) is 26.6. The molecule has 8 rings (SSSR count). The van der Waals surface area contributed by atoms with E-state index in [4.69, 9.17) is 14.5 Å². The molecule has 0 aromatic heterocycles. The lowest BCUT2D eigenvalue weighted by atomic mass is 9.87. The zero-order chi connectivity index (χ0) is 33.4. The topological polar surface area (TPSA) is 100 Å². The molecule has 1 atom stereocenters. The van der Waals surface area contributed by atoms with Crippen LogP contribution < -0.4 is 19.7 Å². The number of nitrogens with one attached hydrogen (secondary N) is 1. The fourth-order valence-electron chi connectivity index (χ4n) is 7.99. The summed E-state index contributed by atoms with van der Waals surface area (Å²) < 4.78 is 12.3. The maximum absolute atomic E-state index is 14.1. The number of nitrogens with zero attached hydrogens (tertiary/aromatic N) is 2. The Morgan fingerprint density at radius 2 is 1.88 bits per heavy atom. The molecule has 2 saturated carbocycles. The van der Waals surface area contributed by atoms with Crippen LogP contribution in [0.2, 0.25) is 0 Å². The van der Waals surface area contributed by atoms with Crippen molar-refractivity contribution in [3.8, 4) is 17.2 Å². The summed E-state index contributed by atoms with van der Waals surface area (Å²) in [4.78, 5) is 32.3. The van der Waals surface area contributed by atoms with Crippen molar-refractivity contribution in [2.24, 2.45) is 15.8 Å². The van der Waals surface area contributed by atoms with Crippen LogP contribution in [0, 0.1) is 24.7 Å². The lowest BCUT2D eigenvalue weighted by Gasteiger charge is -2.28. The van der Waals surface area contributed by atoms with Crippen molar-refractivity contribution in [1.29, 1.82) is 0 Å². The Labute approximate surface area is 280 Å². The van der Waals surface area contributed by atoms with Gasteiger partial charge in [-0.25, -0.2) is 0 Å². The molecule has 0 spiro atoms. The molecule has 8 heteroatoms. The number of hydrogen-bond donors (Lipinski definition) is 2. The van der Waals surface area contributed by atoms with Crippen LogP contribution in [0.15, 0.2) is 65.7 Å². The summed E-state index contributed by atoms with van der Waals surface area (Å²) >= 11 is 0. The fraction of sp³-hybridized carbons (Fsp3) is 0.325. The van der Waals surface area contributed by atoms with E-state index in [1.165, 1.54) is 5.56 Å². The third-order valence-electron chi connectivity index (χ3n) is 11.0. The third-order valence-corrected chi connectivity index (χ3v) is 11.0. The van der Waals surface area contributed by atoms with Crippen LogP contribution in [0.4, 0.5) is 11.4 Å². The number of amides is 2. The van der Waals surface area contributed by atoms with Gasteiger partial charge in [-0.3, -0.25) is 14.6 Å². The summed E-state index contributed by atoms with van der Waals surface area (Å²) in [5.41, 5.74) is 6.66. The van der Waals surface area contributed by atoms with Crippen LogP contribution in [0.5, 0.6) is 17.2 Å². The number of rotatable bonds is 8. The summed E-state index contributed by atoms with van der Waals surface area (Å²) in [5, 5.41) is 15.7. The van der Waals surface area contributed by atoms with Crippen molar-refractivity contribution >= 4 is 52.3 Å². The first kappa shape index (κ1) is 30.2. The van der Waals surface area contributed by atoms with Gasteiger partial charge in [-0.15, -0.1) is 0 Å². The predicted molar refractivity (Wildman–Crippen MR) is 188 cm³/mol. The number of phenolic OH excluding ortho intramolecular Hbond substituents is 1. The highest BCUT2D eigenvalue weighted by molar-refractivity contribution is 6.08. The molecule has 2 heterocycles. The monoisotopic (exact) mass is 641 g/mol.